The summed E-state index contributed by atoms with van der Waals surface area (Å²) in [7, 11) is 0. The van der Waals surface area contributed by atoms with Crippen LogP contribution in [-0.4, -0.2) is 69.0 Å². The molecule has 1 saturated heterocycles. The molecule has 0 radical (unpaired) electrons. The second kappa shape index (κ2) is 5.05. The zero-order valence-electron chi connectivity index (χ0n) is 11.4. The fourth-order valence-electron chi connectivity index (χ4n) is 2.63. The number of rotatable bonds is 2. The third-order valence-electron chi connectivity index (χ3n) is 4.13. The number of aliphatic hydroxyl groups is 2. The van der Waals surface area contributed by atoms with Crippen molar-refractivity contribution in [3.63, 3.8) is 0 Å². The first-order chi connectivity index (χ1) is 9.47. The van der Waals surface area contributed by atoms with E-state index in [0.717, 1.165) is 24.0 Å². The van der Waals surface area contributed by atoms with Gasteiger partial charge in [-0.2, -0.15) is 0 Å². The van der Waals surface area contributed by atoms with E-state index in [4.69, 9.17) is 0 Å². The molecule has 7 heteroatoms. The van der Waals surface area contributed by atoms with E-state index < -0.39 is 11.7 Å². The maximum Gasteiger partial charge on any atom is 0.228 e. The molecule has 0 bridgehead atoms. The smallest absolute Gasteiger partial charge is 0.228 e. The number of carbonyl (C=O) groups is 1. The van der Waals surface area contributed by atoms with Crippen molar-refractivity contribution in [2.75, 3.05) is 26.2 Å². The Bertz CT molecular complexity index is 489. The van der Waals surface area contributed by atoms with Crippen molar-refractivity contribution in [3.8, 4) is 0 Å². The Labute approximate surface area is 122 Å². The van der Waals surface area contributed by atoms with E-state index in [0.29, 0.717) is 19.4 Å². The molecule has 0 aliphatic carbocycles. The van der Waals surface area contributed by atoms with Crippen LogP contribution in [0.5, 0.6) is 0 Å². The van der Waals surface area contributed by atoms with Crippen molar-refractivity contribution in [1.29, 1.82) is 0 Å². The molecule has 0 aromatic rings. The highest BCUT2D eigenvalue weighted by atomic mass is 32.2. The molecule has 20 heavy (non-hydrogen) atoms. The lowest BCUT2D eigenvalue weighted by atomic mass is 9.90. The largest absolute Gasteiger partial charge is 0.388 e. The van der Waals surface area contributed by atoms with Crippen LogP contribution in [0.4, 0.5) is 0 Å². The summed E-state index contributed by atoms with van der Waals surface area (Å²) in [5.74, 6) is -0.000417. The molecular formula is C13H19N3O3S. The van der Waals surface area contributed by atoms with Crippen molar-refractivity contribution in [2.24, 2.45) is 4.99 Å². The molecule has 0 spiro atoms. The van der Waals surface area contributed by atoms with Gasteiger partial charge in [-0.3, -0.25) is 9.79 Å². The van der Waals surface area contributed by atoms with Crippen LogP contribution in [0.3, 0.4) is 0 Å². The first-order valence-corrected chi connectivity index (χ1v) is 7.71. The Hall–Kier alpha value is -1.05. The summed E-state index contributed by atoms with van der Waals surface area (Å²) in [6.45, 7) is 3.94. The number of carbonyl (C=O) groups excluding carboxylic acids is 1. The summed E-state index contributed by atoms with van der Waals surface area (Å²) >= 11 is 1.56. The first kappa shape index (κ1) is 13.9. The van der Waals surface area contributed by atoms with Crippen molar-refractivity contribution < 1.29 is 15.0 Å². The molecule has 1 fully saturated rings. The highest BCUT2D eigenvalue weighted by Gasteiger charge is 2.38. The summed E-state index contributed by atoms with van der Waals surface area (Å²) in [5.41, 5.74) is -0.100. The predicted octanol–water partition coefficient (Wildman–Crippen LogP) is -0.0195. The number of amides is 1. The molecule has 3 aliphatic heterocycles. The minimum absolute atomic E-state index is 0.000417. The van der Waals surface area contributed by atoms with Crippen molar-refractivity contribution in [1.82, 2.24) is 9.80 Å². The van der Waals surface area contributed by atoms with E-state index in [-0.39, 0.29) is 12.5 Å². The number of hydrogen-bond acceptors (Lipinski definition) is 6. The average molecular weight is 297 g/mol. The zero-order valence-corrected chi connectivity index (χ0v) is 12.3. The molecule has 6 nitrogen and oxygen atoms in total. The topological polar surface area (TPSA) is 76.4 Å². The molecule has 3 heterocycles. The van der Waals surface area contributed by atoms with Crippen LogP contribution in [-0.2, 0) is 4.79 Å². The Morgan fingerprint density at radius 2 is 2.40 bits per heavy atom. The van der Waals surface area contributed by atoms with Gasteiger partial charge in [-0.25, -0.2) is 0 Å². The van der Waals surface area contributed by atoms with Crippen LogP contribution in [0.15, 0.2) is 16.1 Å². The van der Waals surface area contributed by atoms with Gasteiger partial charge in [-0.1, -0.05) is 11.8 Å². The molecule has 110 valence electrons. The van der Waals surface area contributed by atoms with E-state index in [1.807, 2.05) is 5.41 Å². The van der Waals surface area contributed by atoms with Crippen LogP contribution >= 0.6 is 11.8 Å². The third kappa shape index (κ3) is 2.45. The van der Waals surface area contributed by atoms with Crippen molar-refractivity contribution in [3.05, 3.63) is 11.1 Å². The maximum absolute atomic E-state index is 12.3. The van der Waals surface area contributed by atoms with Crippen molar-refractivity contribution in [2.45, 2.75) is 31.5 Å². The van der Waals surface area contributed by atoms with Gasteiger partial charge in [0.25, 0.3) is 0 Å². The minimum Gasteiger partial charge on any atom is -0.388 e. The standard InChI is InChI=1S/C13H19N3O3S/c1-13(19)2-4-15(7-10(13)17)11(18)6-9-8-20-12-14-3-5-16(9)12/h8,10,17,19H,2-7H2,1H3/t10-,13+/m0/s1. The van der Waals surface area contributed by atoms with Crippen molar-refractivity contribution >= 4 is 22.8 Å². The number of aliphatic imine (C=N–C) groups is 1. The van der Waals surface area contributed by atoms with Gasteiger partial charge >= 0.3 is 0 Å². The van der Waals surface area contributed by atoms with E-state index in [1.165, 1.54) is 0 Å². The zero-order chi connectivity index (χ0) is 14.3. The summed E-state index contributed by atoms with van der Waals surface area (Å²) in [6, 6.07) is 0. The number of hydrogen-bond donors (Lipinski definition) is 2. The average Bonchev–Trinajstić information content (AvgIpc) is 2.97. The Morgan fingerprint density at radius 1 is 1.60 bits per heavy atom. The Morgan fingerprint density at radius 3 is 3.15 bits per heavy atom. The van der Waals surface area contributed by atoms with E-state index in [2.05, 4.69) is 9.89 Å². The summed E-state index contributed by atoms with van der Waals surface area (Å²) in [5, 5.41) is 22.8. The third-order valence-corrected chi connectivity index (χ3v) is 5.08. The number of thioether (sulfide) groups is 1. The Kier molecular flexibility index (Phi) is 3.51. The van der Waals surface area contributed by atoms with Crippen LogP contribution in [0.1, 0.15) is 19.8 Å². The normalized spacial score (nSPS) is 33.0. The van der Waals surface area contributed by atoms with Gasteiger partial charge in [-0.15, -0.1) is 0 Å². The van der Waals surface area contributed by atoms with Gasteiger partial charge in [0.1, 0.15) is 0 Å². The van der Waals surface area contributed by atoms with E-state index in [1.54, 1.807) is 23.6 Å². The van der Waals surface area contributed by atoms with Gasteiger partial charge < -0.3 is 20.0 Å². The molecule has 1 amide bonds. The summed E-state index contributed by atoms with van der Waals surface area (Å²) < 4.78 is 0. The lowest BCUT2D eigenvalue weighted by molar-refractivity contribution is -0.145. The van der Waals surface area contributed by atoms with Crippen LogP contribution in [0, 0.1) is 0 Å². The summed E-state index contributed by atoms with van der Waals surface area (Å²) in [4.78, 5) is 20.4. The fourth-order valence-corrected chi connectivity index (χ4v) is 3.59. The van der Waals surface area contributed by atoms with Gasteiger partial charge in [0.15, 0.2) is 5.17 Å². The molecule has 0 aromatic heterocycles. The van der Waals surface area contributed by atoms with Gasteiger partial charge in [0, 0.05) is 25.3 Å². The van der Waals surface area contributed by atoms with Gasteiger partial charge in [0.05, 0.1) is 24.7 Å². The van der Waals surface area contributed by atoms with E-state index >= 15 is 0 Å². The summed E-state index contributed by atoms with van der Waals surface area (Å²) in [6.07, 6.45) is -0.138. The van der Waals surface area contributed by atoms with Crippen LogP contribution < -0.4 is 0 Å². The first-order valence-electron chi connectivity index (χ1n) is 6.83. The Balaban J connectivity index is 1.59. The molecule has 2 atom stereocenters. The molecule has 0 aromatic carbocycles. The predicted molar refractivity (Wildman–Crippen MR) is 77.1 cm³/mol. The molecule has 3 rings (SSSR count). The van der Waals surface area contributed by atoms with Gasteiger partial charge in [0.2, 0.25) is 5.91 Å². The molecule has 3 aliphatic rings. The second-order valence-corrected chi connectivity index (χ2v) is 6.52. The maximum atomic E-state index is 12.3. The highest BCUT2D eigenvalue weighted by Crippen LogP contribution is 2.31. The number of β-amino-alcohol motifs (C(OH)–C–C–N with tert-alkyl or cyclic N) is 1. The lowest BCUT2D eigenvalue weighted by Crippen LogP contribution is -2.55. The lowest BCUT2D eigenvalue weighted by Gasteiger charge is -2.40. The highest BCUT2D eigenvalue weighted by molar-refractivity contribution is 8.16. The molecular weight excluding hydrogens is 278 g/mol. The monoisotopic (exact) mass is 297 g/mol. The van der Waals surface area contributed by atoms with Crippen LogP contribution in [0.25, 0.3) is 0 Å². The van der Waals surface area contributed by atoms with Gasteiger partial charge in [-0.05, 0) is 18.8 Å². The number of piperidine rings is 1. The molecule has 2 N–H and O–H groups in total. The number of amidine groups is 1. The number of aliphatic hydroxyl groups excluding tert-OH is 1. The van der Waals surface area contributed by atoms with Crippen LogP contribution in [0.2, 0.25) is 0 Å². The minimum atomic E-state index is -1.09. The molecule has 0 unspecified atom stereocenters. The van der Waals surface area contributed by atoms with E-state index in [9.17, 15) is 15.0 Å². The number of likely N-dealkylation sites (tertiary alicyclic amines) is 1. The SMILES string of the molecule is C[C@@]1(O)CCN(C(=O)CC2=CSC3=NCCN23)C[C@@H]1O. The fraction of sp³-hybridized carbons (Fsp3) is 0.692. The number of fused-ring (bicyclic) bond motifs is 1. The number of nitrogens with zero attached hydrogens (tertiary/aromatic N) is 3. The molecule has 0 saturated carbocycles. The second-order valence-electron chi connectivity index (χ2n) is 5.68. The quantitative estimate of drug-likeness (QED) is 0.749.